The third-order valence-electron chi connectivity index (χ3n) is 3.93. The number of nitrogens with zero attached hydrogens (tertiary/aromatic N) is 6. The lowest BCUT2D eigenvalue weighted by Crippen LogP contribution is -2.47. The minimum absolute atomic E-state index is 0.677. The molecule has 3 heterocycles. The molecule has 0 saturated carbocycles. The molecule has 0 aliphatic carbocycles. The van der Waals surface area contributed by atoms with Gasteiger partial charge in [0.2, 0.25) is 5.95 Å². The zero-order chi connectivity index (χ0) is 15.6. The molecule has 1 fully saturated rings. The fourth-order valence-electron chi connectivity index (χ4n) is 2.72. The van der Waals surface area contributed by atoms with Gasteiger partial charge in [0, 0.05) is 43.6 Å². The van der Waals surface area contributed by atoms with Crippen LogP contribution in [0.5, 0.6) is 0 Å². The topological polar surface area (TPSA) is 58.0 Å². The molecule has 0 bridgehead atoms. The van der Waals surface area contributed by atoms with Crippen molar-refractivity contribution in [1.29, 1.82) is 0 Å². The fraction of sp³-hybridized carbons (Fsp3) is 0.250. The number of benzene rings is 1. The van der Waals surface area contributed by atoms with E-state index in [9.17, 15) is 0 Å². The van der Waals surface area contributed by atoms with Crippen LogP contribution in [0.2, 0.25) is 5.02 Å². The van der Waals surface area contributed by atoms with E-state index in [1.54, 1.807) is 12.4 Å². The maximum absolute atomic E-state index is 5.99. The number of aromatic nitrogens is 4. The van der Waals surface area contributed by atoms with Crippen LogP contribution in [-0.4, -0.2) is 46.1 Å². The van der Waals surface area contributed by atoms with Crippen LogP contribution < -0.4 is 9.80 Å². The van der Waals surface area contributed by atoms with Crippen molar-refractivity contribution < 1.29 is 0 Å². The van der Waals surface area contributed by atoms with Gasteiger partial charge >= 0.3 is 0 Å². The summed E-state index contributed by atoms with van der Waals surface area (Å²) in [6, 6.07) is 7.41. The molecule has 0 radical (unpaired) electrons. The summed E-state index contributed by atoms with van der Waals surface area (Å²) in [6.45, 7) is 3.47. The molecule has 0 unspecified atom stereocenters. The Bertz CT molecular complexity index is 817. The second kappa shape index (κ2) is 5.96. The molecule has 3 aromatic rings. The van der Waals surface area contributed by atoms with E-state index in [1.807, 2.05) is 30.5 Å². The molecule has 1 saturated heterocycles. The van der Waals surface area contributed by atoms with E-state index in [1.165, 1.54) is 0 Å². The Morgan fingerprint density at radius 1 is 0.870 bits per heavy atom. The molecule has 2 aromatic heterocycles. The van der Waals surface area contributed by atoms with Crippen molar-refractivity contribution in [2.45, 2.75) is 0 Å². The molecule has 0 spiro atoms. The molecular weight excluding hydrogens is 312 g/mol. The summed E-state index contributed by atoms with van der Waals surface area (Å²) < 4.78 is 0. The van der Waals surface area contributed by atoms with E-state index in [4.69, 9.17) is 16.6 Å². The van der Waals surface area contributed by atoms with Crippen molar-refractivity contribution in [3.05, 3.63) is 47.9 Å². The molecule has 1 aromatic carbocycles. The van der Waals surface area contributed by atoms with E-state index in [0.29, 0.717) is 5.02 Å². The molecular formula is C16H15ClN6. The van der Waals surface area contributed by atoms with Crippen molar-refractivity contribution in [3.8, 4) is 0 Å². The summed E-state index contributed by atoms with van der Waals surface area (Å²) in [5.74, 6) is 1.68. The van der Waals surface area contributed by atoms with Gasteiger partial charge in [0.25, 0.3) is 0 Å². The third kappa shape index (κ3) is 2.90. The molecule has 1 aliphatic rings. The second-order valence-corrected chi connectivity index (χ2v) is 5.82. The standard InChI is InChI=1S/C16H15ClN6/c17-12-2-3-13-14(10-12)20-11-15(21-13)22-6-8-23(9-7-22)16-18-4-1-5-19-16/h1-5,10-11H,6-9H2. The zero-order valence-corrected chi connectivity index (χ0v) is 13.2. The molecule has 116 valence electrons. The minimum atomic E-state index is 0.677. The van der Waals surface area contributed by atoms with Crippen molar-refractivity contribution in [2.24, 2.45) is 0 Å². The Morgan fingerprint density at radius 2 is 1.61 bits per heavy atom. The van der Waals surface area contributed by atoms with Crippen LogP contribution >= 0.6 is 11.6 Å². The van der Waals surface area contributed by atoms with Crippen LogP contribution in [0.1, 0.15) is 0 Å². The summed E-state index contributed by atoms with van der Waals surface area (Å²) in [7, 11) is 0. The maximum atomic E-state index is 5.99. The van der Waals surface area contributed by atoms with Gasteiger partial charge in [-0.3, -0.25) is 4.98 Å². The lowest BCUT2D eigenvalue weighted by molar-refractivity contribution is 0.634. The largest absolute Gasteiger partial charge is 0.352 e. The molecule has 0 N–H and O–H groups in total. The van der Waals surface area contributed by atoms with Crippen LogP contribution in [0, 0.1) is 0 Å². The van der Waals surface area contributed by atoms with E-state index >= 15 is 0 Å². The van der Waals surface area contributed by atoms with Gasteiger partial charge in [-0.15, -0.1) is 0 Å². The molecule has 6 nitrogen and oxygen atoms in total. The number of hydrogen-bond acceptors (Lipinski definition) is 6. The van der Waals surface area contributed by atoms with Crippen molar-refractivity contribution in [2.75, 3.05) is 36.0 Å². The lowest BCUT2D eigenvalue weighted by atomic mass is 10.3. The van der Waals surface area contributed by atoms with Crippen molar-refractivity contribution in [3.63, 3.8) is 0 Å². The van der Waals surface area contributed by atoms with Gasteiger partial charge in [0.1, 0.15) is 5.82 Å². The van der Waals surface area contributed by atoms with Crippen LogP contribution in [0.25, 0.3) is 11.0 Å². The number of fused-ring (bicyclic) bond motifs is 1. The number of rotatable bonds is 2. The highest BCUT2D eigenvalue weighted by Gasteiger charge is 2.20. The quantitative estimate of drug-likeness (QED) is 0.720. The summed E-state index contributed by atoms with van der Waals surface area (Å²) in [4.78, 5) is 22.2. The Hall–Kier alpha value is -2.47. The first-order valence-electron chi connectivity index (χ1n) is 7.49. The molecule has 4 rings (SSSR count). The number of anilines is 2. The normalized spacial score (nSPS) is 15.2. The van der Waals surface area contributed by atoms with E-state index in [-0.39, 0.29) is 0 Å². The van der Waals surface area contributed by atoms with Crippen LogP contribution in [0.15, 0.2) is 42.9 Å². The van der Waals surface area contributed by atoms with Gasteiger partial charge in [0.05, 0.1) is 17.2 Å². The SMILES string of the molecule is Clc1ccc2nc(N3CCN(c4ncccn4)CC3)cnc2c1. The first-order chi connectivity index (χ1) is 11.3. The van der Waals surface area contributed by atoms with Gasteiger partial charge in [0.15, 0.2) is 0 Å². The molecule has 0 atom stereocenters. The smallest absolute Gasteiger partial charge is 0.225 e. The molecule has 23 heavy (non-hydrogen) atoms. The minimum Gasteiger partial charge on any atom is -0.352 e. The highest BCUT2D eigenvalue weighted by molar-refractivity contribution is 6.31. The summed E-state index contributed by atoms with van der Waals surface area (Å²) in [6.07, 6.45) is 5.36. The van der Waals surface area contributed by atoms with Gasteiger partial charge in [-0.05, 0) is 24.3 Å². The Morgan fingerprint density at radius 3 is 2.39 bits per heavy atom. The first kappa shape index (κ1) is 14.1. The van der Waals surface area contributed by atoms with Gasteiger partial charge in [-0.2, -0.15) is 0 Å². The molecule has 1 aliphatic heterocycles. The van der Waals surface area contributed by atoms with E-state index in [2.05, 4.69) is 24.8 Å². The predicted molar refractivity (Wildman–Crippen MR) is 91.0 cm³/mol. The summed E-state index contributed by atoms with van der Waals surface area (Å²) >= 11 is 5.99. The predicted octanol–water partition coefficient (Wildman–Crippen LogP) is 2.40. The van der Waals surface area contributed by atoms with Crippen LogP contribution in [-0.2, 0) is 0 Å². The van der Waals surface area contributed by atoms with E-state index in [0.717, 1.165) is 49.0 Å². The Kier molecular flexibility index (Phi) is 3.67. The Labute approximate surface area is 138 Å². The van der Waals surface area contributed by atoms with Gasteiger partial charge in [-0.25, -0.2) is 15.0 Å². The van der Waals surface area contributed by atoms with Gasteiger partial charge < -0.3 is 9.80 Å². The van der Waals surface area contributed by atoms with Crippen molar-refractivity contribution in [1.82, 2.24) is 19.9 Å². The zero-order valence-electron chi connectivity index (χ0n) is 12.4. The molecule has 7 heteroatoms. The Balaban J connectivity index is 1.51. The fourth-order valence-corrected chi connectivity index (χ4v) is 2.88. The highest BCUT2D eigenvalue weighted by Crippen LogP contribution is 2.20. The monoisotopic (exact) mass is 326 g/mol. The average Bonchev–Trinajstić information content (AvgIpc) is 2.62. The molecule has 0 amide bonds. The van der Waals surface area contributed by atoms with E-state index < -0.39 is 0 Å². The second-order valence-electron chi connectivity index (χ2n) is 5.38. The number of hydrogen-bond donors (Lipinski definition) is 0. The number of piperazine rings is 1. The summed E-state index contributed by atoms with van der Waals surface area (Å²) in [5, 5.41) is 0.677. The lowest BCUT2D eigenvalue weighted by Gasteiger charge is -2.35. The van der Waals surface area contributed by atoms with Crippen molar-refractivity contribution >= 4 is 34.4 Å². The third-order valence-corrected chi connectivity index (χ3v) is 4.17. The maximum Gasteiger partial charge on any atom is 0.225 e. The first-order valence-corrected chi connectivity index (χ1v) is 7.87. The number of halogens is 1. The highest BCUT2D eigenvalue weighted by atomic mass is 35.5. The summed E-state index contributed by atoms with van der Waals surface area (Å²) in [5.41, 5.74) is 1.68. The average molecular weight is 327 g/mol. The van der Waals surface area contributed by atoms with Crippen LogP contribution in [0.3, 0.4) is 0 Å². The van der Waals surface area contributed by atoms with Crippen LogP contribution in [0.4, 0.5) is 11.8 Å². The van der Waals surface area contributed by atoms with Gasteiger partial charge in [-0.1, -0.05) is 11.6 Å².